The molecular formula is C23H25F2N3O4S. The summed E-state index contributed by atoms with van der Waals surface area (Å²) in [5.41, 5.74) is 1.08. The highest BCUT2D eigenvalue weighted by Crippen LogP contribution is 2.26. The van der Waals surface area contributed by atoms with Gasteiger partial charge in [-0.05, 0) is 48.5 Å². The van der Waals surface area contributed by atoms with Gasteiger partial charge in [0.25, 0.3) is 0 Å². The lowest BCUT2D eigenvalue weighted by Crippen LogP contribution is -2.49. The van der Waals surface area contributed by atoms with Crippen molar-refractivity contribution in [2.24, 2.45) is 0 Å². The van der Waals surface area contributed by atoms with Crippen LogP contribution >= 0.6 is 0 Å². The molecule has 4 rings (SSSR count). The molecule has 1 saturated heterocycles. The van der Waals surface area contributed by atoms with E-state index in [1.807, 2.05) is 24.3 Å². The van der Waals surface area contributed by atoms with Gasteiger partial charge < -0.3 is 14.1 Å². The van der Waals surface area contributed by atoms with Crippen molar-refractivity contribution < 1.29 is 26.4 Å². The van der Waals surface area contributed by atoms with Crippen LogP contribution in [0, 0.1) is 11.6 Å². The summed E-state index contributed by atoms with van der Waals surface area (Å²) in [5.74, 6) is -0.498. The number of hydrogen-bond acceptors (Lipinski definition) is 6. The van der Waals surface area contributed by atoms with Crippen LogP contribution in [0.4, 0.5) is 14.5 Å². The van der Waals surface area contributed by atoms with Gasteiger partial charge in [0.1, 0.15) is 23.1 Å². The second-order valence-corrected chi connectivity index (χ2v) is 9.48. The maximum Gasteiger partial charge on any atom is 0.240 e. The molecule has 0 bridgehead atoms. The number of sulfonamides is 1. The van der Waals surface area contributed by atoms with Crippen LogP contribution in [0.3, 0.4) is 0 Å². The Bertz CT molecular complexity index is 1140. The number of nitrogens with one attached hydrogen (secondary N) is 1. The van der Waals surface area contributed by atoms with Crippen molar-refractivity contribution >= 4 is 15.7 Å². The number of anilines is 1. The second kappa shape index (κ2) is 9.90. The van der Waals surface area contributed by atoms with Crippen LogP contribution in [-0.2, 0) is 10.0 Å². The van der Waals surface area contributed by atoms with Crippen LogP contribution < -0.4 is 14.4 Å². The molecule has 10 heteroatoms. The van der Waals surface area contributed by atoms with Gasteiger partial charge in [0, 0.05) is 44.5 Å². The molecule has 3 aromatic rings. The molecule has 1 aromatic heterocycles. The van der Waals surface area contributed by atoms with E-state index in [0.29, 0.717) is 24.9 Å². The highest BCUT2D eigenvalue weighted by Gasteiger charge is 2.29. The van der Waals surface area contributed by atoms with Crippen LogP contribution in [0.5, 0.6) is 5.75 Å². The lowest BCUT2D eigenvalue weighted by molar-refractivity contribution is 0.166. The third-order valence-corrected chi connectivity index (χ3v) is 7.08. The minimum Gasteiger partial charge on any atom is -0.497 e. The number of piperazine rings is 1. The largest absolute Gasteiger partial charge is 0.497 e. The summed E-state index contributed by atoms with van der Waals surface area (Å²) in [6.45, 7) is 2.83. The smallest absolute Gasteiger partial charge is 0.240 e. The predicted octanol–water partition coefficient (Wildman–Crippen LogP) is 3.41. The molecule has 0 radical (unpaired) electrons. The number of halogens is 2. The molecule has 1 N–H and O–H groups in total. The molecule has 176 valence electrons. The summed E-state index contributed by atoms with van der Waals surface area (Å²) in [5, 5.41) is 0. The molecule has 2 heterocycles. The maximum atomic E-state index is 13.5. The second-order valence-electron chi connectivity index (χ2n) is 7.71. The van der Waals surface area contributed by atoms with Gasteiger partial charge in [-0.15, -0.1) is 0 Å². The molecular weight excluding hydrogens is 452 g/mol. The Morgan fingerprint density at radius 1 is 1.03 bits per heavy atom. The van der Waals surface area contributed by atoms with Gasteiger partial charge in [-0.3, -0.25) is 4.90 Å². The first-order valence-corrected chi connectivity index (χ1v) is 12.0. The monoisotopic (exact) mass is 477 g/mol. The SMILES string of the molecule is COc1ccc(N2CCN(C(CNS(=O)(=O)c3cc(F)cc(F)c3)c3ccco3)CC2)cc1. The van der Waals surface area contributed by atoms with Crippen LogP contribution in [0.1, 0.15) is 11.8 Å². The van der Waals surface area contributed by atoms with Crippen LogP contribution in [0.25, 0.3) is 0 Å². The summed E-state index contributed by atoms with van der Waals surface area (Å²) in [6, 6.07) is 13.2. The summed E-state index contributed by atoms with van der Waals surface area (Å²) in [4.78, 5) is 3.92. The first-order chi connectivity index (χ1) is 15.9. The Morgan fingerprint density at radius 2 is 1.70 bits per heavy atom. The number of methoxy groups -OCH3 is 1. The Hall–Kier alpha value is -2.95. The van der Waals surface area contributed by atoms with Crippen LogP contribution in [0.2, 0.25) is 0 Å². The zero-order valence-corrected chi connectivity index (χ0v) is 18.9. The van der Waals surface area contributed by atoms with E-state index in [1.54, 1.807) is 19.2 Å². The van der Waals surface area contributed by atoms with E-state index in [0.717, 1.165) is 36.7 Å². The number of benzene rings is 2. The highest BCUT2D eigenvalue weighted by atomic mass is 32.2. The zero-order valence-electron chi connectivity index (χ0n) is 18.1. The summed E-state index contributed by atoms with van der Waals surface area (Å²) in [7, 11) is -2.48. The van der Waals surface area contributed by atoms with E-state index >= 15 is 0 Å². The number of rotatable bonds is 8. The van der Waals surface area contributed by atoms with Gasteiger partial charge in [0.2, 0.25) is 10.0 Å². The Morgan fingerprint density at radius 3 is 2.27 bits per heavy atom. The number of hydrogen-bond donors (Lipinski definition) is 1. The van der Waals surface area contributed by atoms with Gasteiger partial charge in [-0.2, -0.15) is 0 Å². The van der Waals surface area contributed by atoms with Gasteiger partial charge in [-0.25, -0.2) is 21.9 Å². The molecule has 1 aliphatic rings. The van der Waals surface area contributed by atoms with Crippen molar-refractivity contribution in [1.82, 2.24) is 9.62 Å². The van der Waals surface area contributed by atoms with E-state index in [4.69, 9.17) is 9.15 Å². The third kappa shape index (κ3) is 5.52. The molecule has 1 aliphatic heterocycles. The molecule has 1 fully saturated rings. The van der Waals surface area contributed by atoms with Gasteiger partial charge >= 0.3 is 0 Å². The minimum atomic E-state index is -4.11. The van der Waals surface area contributed by atoms with Gasteiger partial charge in [0.05, 0.1) is 24.3 Å². The van der Waals surface area contributed by atoms with Crippen molar-refractivity contribution in [3.8, 4) is 5.75 Å². The van der Waals surface area contributed by atoms with Crippen molar-refractivity contribution in [3.05, 3.63) is 78.3 Å². The first-order valence-electron chi connectivity index (χ1n) is 10.5. The quantitative estimate of drug-likeness (QED) is 0.536. The van der Waals surface area contributed by atoms with Crippen LogP contribution in [0.15, 0.2) is 70.2 Å². The molecule has 0 spiro atoms. The van der Waals surface area contributed by atoms with E-state index in [9.17, 15) is 17.2 Å². The van der Waals surface area contributed by atoms with E-state index in [1.165, 1.54) is 6.26 Å². The van der Waals surface area contributed by atoms with Gasteiger partial charge in [0.15, 0.2) is 0 Å². The molecule has 2 aromatic carbocycles. The highest BCUT2D eigenvalue weighted by molar-refractivity contribution is 7.89. The van der Waals surface area contributed by atoms with Crippen LogP contribution in [-0.4, -0.2) is 53.2 Å². The molecule has 33 heavy (non-hydrogen) atoms. The number of nitrogens with zero attached hydrogens (tertiary/aromatic N) is 2. The fourth-order valence-corrected chi connectivity index (χ4v) is 5.01. The molecule has 0 amide bonds. The van der Waals surface area contributed by atoms with Gasteiger partial charge in [-0.1, -0.05) is 0 Å². The lowest BCUT2D eigenvalue weighted by Gasteiger charge is -2.39. The van der Waals surface area contributed by atoms with E-state index in [-0.39, 0.29) is 12.6 Å². The maximum absolute atomic E-state index is 13.5. The number of furan rings is 1. The number of ether oxygens (including phenoxy) is 1. The molecule has 0 aliphatic carbocycles. The molecule has 7 nitrogen and oxygen atoms in total. The fraction of sp³-hybridized carbons (Fsp3) is 0.304. The van der Waals surface area contributed by atoms with E-state index < -0.39 is 26.6 Å². The first kappa shape index (κ1) is 23.2. The van der Waals surface area contributed by atoms with Crippen molar-refractivity contribution in [3.63, 3.8) is 0 Å². The van der Waals surface area contributed by atoms with Crippen molar-refractivity contribution in [2.75, 3.05) is 44.7 Å². The zero-order chi connectivity index (χ0) is 23.4. The lowest BCUT2D eigenvalue weighted by atomic mass is 10.1. The minimum absolute atomic E-state index is 0.00346. The third-order valence-electron chi connectivity index (χ3n) is 5.68. The Kier molecular flexibility index (Phi) is 6.96. The van der Waals surface area contributed by atoms with Crippen molar-refractivity contribution in [2.45, 2.75) is 10.9 Å². The normalized spacial score (nSPS) is 16.0. The topological polar surface area (TPSA) is 75.0 Å². The average Bonchev–Trinajstić information content (AvgIpc) is 3.34. The Labute approximate surface area is 191 Å². The summed E-state index contributed by atoms with van der Waals surface area (Å²) < 4.78 is 65.7. The standard InChI is InChI=1S/C23H25F2N3O4S/c1-31-20-6-4-19(5-7-20)27-8-10-28(11-9-27)22(23-3-2-12-32-23)16-26-33(29,30)21-14-17(24)13-18(25)15-21/h2-7,12-15,22,26H,8-11,16H2,1H3. The van der Waals surface area contributed by atoms with Crippen molar-refractivity contribution in [1.29, 1.82) is 0 Å². The molecule has 1 unspecified atom stereocenters. The fourth-order valence-electron chi connectivity index (χ4n) is 3.93. The average molecular weight is 478 g/mol. The van der Waals surface area contributed by atoms with E-state index in [2.05, 4.69) is 14.5 Å². The summed E-state index contributed by atoms with van der Waals surface area (Å²) >= 11 is 0. The molecule has 1 atom stereocenters. The summed E-state index contributed by atoms with van der Waals surface area (Å²) in [6.07, 6.45) is 1.53. The predicted molar refractivity (Wildman–Crippen MR) is 120 cm³/mol. The molecule has 0 saturated carbocycles. The Balaban J connectivity index is 1.45.